The third-order valence-corrected chi connectivity index (χ3v) is 1.93. The van der Waals surface area contributed by atoms with E-state index in [4.69, 9.17) is 4.74 Å². The van der Waals surface area contributed by atoms with Crippen LogP contribution >= 0.6 is 0 Å². The van der Waals surface area contributed by atoms with Crippen molar-refractivity contribution in [1.29, 1.82) is 0 Å². The highest BCUT2D eigenvalue weighted by atomic mass is 16.5. The van der Waals surface area contributed by atoms with Gasteiger partial charge >= 0.3 is 5.97 Å². The van der Waals surface area contributed by atoms with Gasteiger partial charge in [0.2, 0.25) is 0 Å². The van der Waals surface area contributed by atoms with Gasteiger partial charge in [-0.15, -0.1) is 0 Å². The molecule has 1 N–H and O–H groups in total. The average molecular weight is 218 g/mol. The summed E-state index contributed by atoms with van der Waals surface area (Å²) in [5.74, 6) is -0.247. The van der Waals surface area contributed by atoms with Crippen LogP contribution in [0.15, 0.2) is 0 Å². The lowest BCUT2D eigenvalue weighted by Gasteiger charge is -2.12. The molecule has 0 aromatic heterocycles. The number of carbonyl (C=O) groups is 1. The Bertz CT molecular complexity index is 174. The third-order valence-electron chi connectivity index (χ3n) is 1.93. The molecule has 0 spiro atoms. The predicted molar refractivity (Wildman–Crippen MR) is 58.9 cm³/mol. The lowest BCUT2D eigenvalue weighted by atomic mass is 10.3. The van der Waals surface area contributed by atoms with Crippen LogP contribution in [-0.4, -0.2) is 64.4 Å². The summed E-state index contributed by atoms with van der Waals surface area (Å²) in [6, 6.07) is -0.271. The number of hydrogen-bond donors (Lipinski definition) is 1. The zero-order chi connectivity index (χ0) is 11.7. The molecule has 0 aliphatic heterocycles. The molecule has 0 aliphatic rings. The summed E-state index contributed by atoms with van der Waals surface area (Å²) in [7, 11) is 5.38. The standard InChI is InChI=1S/C10H22N2O3/c1-9(10(13)14-4)11-5-7-15-8-6-12(2)3/h9,11H,5-8H2,1-4H3. The third kappa shape index (κ3) is 8.35. The van der Waals surface area contributed by atoms with E-state index < -0.39 is 0 Å². The minimum Gasteiger partial charge on any atom is -0.468 e. The quantitative estimate of drug-likeness (QED) is 0.448. The van der Waals surface area contributed by atoms with Gasteiger partial charge in [-0.25, -0.2) is 0 Å². The van der Waals surface area contributed by atoms with Crippen LogP contribution in [-0.2, 0) is 14.3 Å². The highest BCUT2D eigenvalue weighted by molar-refractivity contribution is 5.74. The number of carbonyl (C=O) groups excluding carboxylic acids is 1. The van der Waals surface area contributed by atoms with Crippen molar-refractivity contribution in [1.82, 2.24) is 10.2 Å². The molecule has 0 rings (SSSR count). The van der Waals surface area contributed by atoms with Gasteiger partial charge in [-0.1, -0.05) is 0 Å². The van der Waals surface area contributed by atoms with E-state index in [-0.39, 0.29) is 12.0 Å². The van der Waals surface area contributed by atoms with Crippen LogP contribution in [0.1, 0.15) is 6.92 Å². The summed E-state index contributed by atoms with van der Waals surface area (Å²) in [6.45, 7) is 4.65. The molecule has 1 unspecified atom stereocenters. The molecule has 5 heteroatoms. The van der Waals surface area contributed by atoms with Gasteiger partial charge in [-0.2, -0.15) is 0 Å². The van der Waals surface area contributed by atoms with Crippen molar-refractivity contribution >= 4 is 5.97 Å². The molecule has 5 nitrogen and oxygen atoms in total. The SMILES string of the molecule is COC(=O)C(C)NCCOCCN(C)C. The predicted octanol–water partition coefficient (Wildman–Crippen LogP) is -0.284. The molecule has 0 fully saturated rings. The number of ether oxygens (including phenoxy) is 2. The van der Waals surface area contributed by atoms with Gasteiger partial charge in [-0.3, -0.25) is 4.79 Å². The maximum atomic E-state index is 11.0. The highest BCUT2D eigenvalue weighted by Gasteiger charge is 2.10. The van der Waals surface area contributed by atoms with E-state index >= 15 is 0 Å². The Morgan fingerprint density at radius 2 is 2.07 bits per heavy atom. The summed E-state index contributed by atoms with van der Waals surface area (Å²) in [5.41, 5.74) is 0. The molecule has 0 heterocycles. The summed E-state index contributed by atoms with van der Waals surface area (Å²) < 4.78 is 9.92. The fraction of sp³-hybridized carbons (Fsp3) is 0.900. The minimum atomic E-state index is -0.271. The first-order valence-electron chi connectivity index (χ1n) is 5.11. The van der Waals surface area contributed by atoms with Crippen LogP contribution in [0.3, 0.4) is 0 Å². The molecular weight excluding hydrogens is 196 g/mol. The van der Waals surface area contributed by atoms with E-state index in [9.17, 15) is 4.79 Å². The van der Waals surface area contributed by atoms with Gasteiger partial charge in [0.25, 0.3) is 0 Å². The Hall–Kier alpha value is -0.650. The molecule has 90 valence electrons. The molecule has 0 saturated carbocycles. The molecule has 0 aliphatic carbocycles. The Kier molecular flexibility index (Phi) is 8.27. The van der Waals surface area contributed by atoms with E-state index in [0.29, 0.717) is 19.8 Å². The van der Waals surface area contributed by atoms with E-state index in [0.717, 1.165) is 6.54 Å². The Labute approximate surface area is 91.7 Å². The monoisotopic (exact) mass is 218 g/mol. The molecule has 0 aromatic carbocycles. The van der Waals surface area contributed by atoms with Crippen LogP contribution in [0.5, 0.6) is 0 Å². The number of rotatable bonds is 8. The fourth-order valence-electron chi connectivity index (χ4n) is 0.957. The molecule has 1 atom stereocenters. The molecule has 0 bridgehead atoms. The second kappa shape index (κ2) is 8.64. The van der Waals surface area contributed by atoms with Crippen molar-refractivity contribution in [3.63, 3.8) is 0 Å². The van der Waals surface area contributed by atoms with Gasteiger partial charge in [0.1, 0.15) is 6.04 Å². The van der Waals surface area contributed by atoms with Crippen molar-refractivity contribution < 1.29 is 14.3 Å². The molecule has 0 radical (unpaired) electrons. The van der Waals surface area contributed by atoms with Crippen LogP contribution in [0.25, 0.3) is 0 Å². The lowest BCUT2D eigenvalue weighted by molar-refractivity contribution is -0.142. The maximum Gasteiger partial charge on any atom is 0.322 e. The summed E-state index contributed by atoms with van der Waals surface area (Å²) in [4.78, 5) is 13.0. The topological polar surface area (TPSA) is 50.8 Å². The molecule has 0 aromatic rings. The second-order valence-corrected chi connectivity index (χ2v) is 3.61. The number of hydrogen-bond acceptors (Lipinski definition) is 5. The van der Waals surface area contributed by atoms with Gasteiger partial charge in [0.05, 0.1) is 20.3 Å². The van der Waals surface area contributed by atoms with Crippen molar-refractivity contribution in [2.45, 2.75) is 13.0 Å². The van der Waals surface area contributed by atoms with Gasteiger partial charge < -0.3 is 19.7 Å². The first kappa shape index (κ1) is 14.3. The number of esters is 1. The van der Waals surface area contributed by atoms with Crippen LogP contribution in [0, 0.1) is 0 Å². The largest absolute Gasteiger partial charge is 0.468 e. The number of nitrogens with zero attached hydrogens (tertiary/aromatic N) is 1. The lowest BCUT2D eigenvalue weighted by Crippen LogP contribution is -2.37. The number of methoxy groups -OCH3 is 1. The van der Waals surface area contributed by atoms with Gasteiger partial charge in [-0.05, 0) is 21.0 Å². The van der Waals surface area contributed by atoms with E-state index in [1.807, 2.05) is 14.1 Å². The summed E-state index contributed by atoms with van der Waals surface area (Å²) >= 11 is 0. The molecular formula is C10H22N2O3. The molecule has 0 saturated heterocycles. The smallest absolute Gasteiger partial charge is 0.322 e. The summed E-state index contributed by atoms with van der Waals surface area (Å²) in [5, 5.41) is 3.01. The van der Waals surface area contributed by atoms with E-state index in [1.165, 1.54) is 7.11 Å². The first-order valence-corrected chi connectivity index (χ1v) is 5.11. The van der Waals surface area contributed by atoms with Crippen LogP contribution in [0.4, 0.5) is 0 Å². The summed E-state index contributed by atoms with van der Waals surface area (Å²) in [6.07, 6.45) is 0. The Balaban J connectivity index is 3.27. The van der Waals surface area contributed by atoms with Crippen LogP contribution < -0.4 is 5.32 Å². The van der Waals surface area contributed by atoms with Crippen molar-refractivity contribution in [2.75, 3.05) is 47.5 Å². The van der Waals surface area contributed by atoms with Crippen molar-refractivity contribution in [3.05, 3.63) is 0 Å². The zero-order valence-electron chi connectivity index (χ0n) is 10.1. The highest BCUT2D eigenvalue weighted by Crippen LogP contribution is 1.85. The fourth-order valence-corrected chi connectivity index (χ4v) is 0.957. The maximum absolute atomic E-state index is 11.0. The molecule has 0 amide bonds. The normalized spacial score (nSPS) is 12.9. The average Bonchev–Trinajstić information content (AvgIpc) is 2.21. The Morgan fingerprint density at radius 3 is 2.60 bits per heavy atom. The van der Waals surface area contributed by atoms with Crippen molar-refractivity contribution in [2.24, 2.45) is 0 Å². The van der Waals surface area contributed by atoms with E-state index in [2.05, 4.69) is 15.0 Å². The minimum absolute atomic E-state index is 0.247. The van der Waals surface area contributed by atoms with Gasteiger partial charge in [0, 0.05) is 13.1 Å². The first-order chi connectivity index (χ1) is 7.07. The zero-order valence-corrected chi connectivity index (χ0v) is 10.1. The molecule has 15 heavy (non-hydrogen) atoms. The van der Waals surface area contributed by atoms with Gasteiger partial charge in [0.15, 0.2) is 0 Å². The Morgan fingerprint density at radius 1 is 1.40 bits per heavy atom. The second-order valence-electron chi connectivity index (χ2n) is 3.61. The van der Waals surface area contributed by atoms with Crippen molar-refractivity contribution in [3.8, 4) is 0 Å². The van der Waals surface area contributed by atoms with E-state index in [1.54, 1.807) is 6.92 Å². The van der Waals surface area contributed by atoms with Crippen LogP contribution in [0.2, 0.25) is 0 Å². The number of nitrogens with one attached hydrogen (secondary N) is 1. The number of likely N-dealkylation sites (N-methyl/N-ethyl adjacent to an activating group) is 1.